The lowest BCUT2D eigenvalue weighted by atomic mass is 9.88. The summed E-state index contributed by atoms with van der Waals surface area (Å²) >= 11 is 0. The molecule has 4 heteroatoms. The lowest BCUT2D eigenvalue weighted by molar-refractivity contribution is -0.132. The number of aryl methyl sites for hydroxylation is 1. The van der Waals surface area contributed by atoms with Crippen LogP contribution in [0.4, 0.5) is 0 Å². The Morgan fingerprint density at radius 1 is 0.967 bits per heavy atom. The van der Waals surface area contributed by atoms with Crippen molar-refractivity contribution in [2.75, 3.05) is 26.2 Å². The van der Waals surface area contributed by atoms with Crippen molar-refractivity contribution in [3.05, 3.63) is 70.3 Å². The van der Waals surface area contributed by atoms with Gasteiger partial charge in [-0.1, -0.05) is 42.0 Å². The highest BCUT2D eigenvalue weighted by Gasteiger charge is 2.24. The molecule has 2 aliphatic rings. The number of amides is 1. The van der Waals surface area contributed by atoms with Crippen LogP contribution in [0, 0.1) is 6.92 Å². The minimum atomic E-state index is 0.0815. The van der Waals surface area contributed by atoms with E-state index in [9.17, 15) is 9.59 Å². The molecule has 4 nitrogen and oxygen atoms in total. The normalized spacial score (nSPS) is 17.3. The van der Waals surface area contributed by atoms with E-state index in [2.05, 4.69) is 42.6 Å². The topological polar surface area (TPSA) is 49.4 Å². The molecule has 0 bridgehead atoms. The first-order valence-electron chi connectivity index (χ1n) is 11.3. The lowest BCUT2D eigenvalue weighted by Gasteiger charge is -2.32. The summed E-state index contributed by atoms with van der Waals surface area (Å²) in [6, 6.07) is 14.8. The van der Waals surface area contributed by atoms with E-state index >= 15 is 0 Å². The molecule has 4 rings (SSSR count). The first-order chi connectivity index (χ1) is 14.6. The van der Waals surface area contributed by atoms with Crippen molar-refractivity contribution >= 4 is 11.7 Å². The molecule has 0 atom stereocenters. The summed E-state index contributed by atoms with van der Waals surface area (Å²) in [5.41, 5.74) is 6.04. The number of ketones is 1. The molecule has 158 valence electrons. The van der Waals surface area contributed by atoms with E-state index in [0.717, 1.165) is 57.4 Å². The highest BCUT2D eigenvalue weighted by atomic mass is 16.2. The lowest BCUT2D eigenvalue weighted by Crippen LogP contribution is -2.38. The minimum absolute atomic E-state index is 0.0815. The predicted octanol–water partition coefficient (Wildman–Crippen LogP) is 4.05. The van der Waals surface area contributed by atoms with Crippen LogP contribution >= 0.6 is 0 Å². The van der Waals surface area contributed by atoms with Crippen LogP contribution in [-0.4, -0.2) is 42.8 Å². The van der Waals surface area contributed by atoms with Gasteiger partial charge in [0.2, 0.25) is 5.91 Å². The fourth-order valence-corrected chi connectivity index (χ4v) is 4.76. The smallest absolute Gasteiger partial charge is 0.223 e. The molecule has 2 aromatic rings. The number of piperidine rings is 1. The number of nitrogens with zero attached hydrogens (tertiary/aromatic N) is 1. The van der Waals surface area contributed by atoms with Gasteiger partial charge in [0.15, 0.2) is 5.78 Å². The number of fused-ring (bicyclic) bond motifs is 1. The van der Waals surface area contributed by atoms with E-state index < -0.39 is 0 Å². The Kier molecular flexibility index (Phi) is 6.63. The summed E-state index contributed by atoms with van der Waals surface area (Å²) in [7, 11) is 0. The Bertz CT molecular complexity index is 913. The van der Waals surface area contributed by atoms with Crippen LogP contribution in [0.3, 0.4) is 0 Å². The molecular formula is C26H32N2O2. The van der Waals surface area contributed by atoms with Gasteiger partial charge in [-0.3, -0.25) is 9.59 Å². The molecule has 0 spiro atoms. The van der Waals surface area contributed by atoms with Crippen LogP contribution in [0.5, 0.6) is 0 Å². The second-order valence-corrected chi connectivity index (χ2v) is 8.73. The number of carbonyl (C=O) groups excluding carboxylic acids is 2. The average molecular weight is 405 g/mol. The van der Waals surface area contributed by atoms with Gasteiger partial charge in [0.1, 0.15) is 0 Å². The highest BCUT2D eigenvalue weighted by molar-refractivity contribution is 5.98. The van der Waals surface area contributed by atoms with Crippen LogP contribution in [0.25, 0.3) is 0 Å². The molecule has 1 amide bonds. The van der Waals surface area contributed by atoms with Crippen LogP contribution < -0.4 is 5.32 Å². The van der Waals surface area contributed by atoms with Gasteiger partial charge in [-0.2, -0.15) is 0 Å². The molecule has 1 saturated heterocycles. The third kappa shape index (κ3) is 4.99. The zero-order valence-corrected chi connectivity index (χ0v) is 18.0. The second kappa shape index (κ2) is 9.57. The summed E-state index contributed by atoms with van der Waals surface area (Å²) in [5.74, 6) is 0.729. The summed E-state index contributed by atoms with van der Waals surface area (Å²) in [6.07, 6.45) is 4.59. The molecule has 0 aromatic heterocycles. The van der Waals surface area contributed by atoms with Gasteiger partial charge >= 0.3 is 0 Å². The Morgan fingerprint density at radius 2 is 1.73 bits per heavy atom. The van der Waals surface area contributed by atoms with Gasteiger partial charge in [-0.25, -0.2) is 0 Å². The molecule has 1 N–H and O–H groups in total. The Morgan fingerprint density at radius 3 is 2.50 bits per heavy atom. The maximum absolute atomic E-state index is 12.7. The number of rotatable bonds is 5. The number of likely N-dealkylation sites (tertiary alicyclic amines) is 1. The van der Waals surface area contributed by atoms with Crippen molar-refractivity contribution in [2.24, 2.45) is 0 Å². The van der Waals surface area contributed by atoms with Crippen molar-refractivity contribution in [1.29, 1.82) is 0 Å². The van der Waals surface area contributed by atoms with Gasteiger partial charge in [-0.05, 0) is 74.4 Å². The summed E-state index contributed by atoms with van der Waals surface area (Å²) in [4.78, 5) is 27.3. The van der Waals surface area contributed by atoms with Crippen molar-refractivity contribution in [3.63, 3.8) is 0 Å². The van der Waals surface area contributed by atoms with E-state index in [1.54, 1.807) is 0 Å². The second-order valence-electron chi connectivity index (χ2n) is 8.73. The fourth-order valence-electron chi connectivity index (χ4n) is 4.76. The monoisotopic (exact) mass is 404 g/mol. The third-order valence-corrected chi connectivity index (χ3v) is 6.60. The van der Waals surface area contributed by atoms with E-state index in [0.29, 0.717) is 18.8 Å². The average Bonchev–Trinajstić information content (AvgIpc) is 3.02. The molecule has 0 radical (unpaired) electrons. The summed E-state index contributed by atoms with van der Waals surface area (Å²) in [5, 5.41) is 3.40. The number of Topliss-reactive ketones (excluding diaryl/α,β-unsaturated/α-hetero) is 1. The minimum Gasteiger partial charge on any atom is -0.343 e. The third-order valence-electron chi connectivity index (χ3n) is 6.60. The van der Waals surface area contributed by atoms with Crippen LogP contribution in [0.1, 0.15) is 64.2 Å². The molecule has 1 fully saturated rings. The van der Waals surface area contributed by atoms with Crippen molar-refractivity contribution in [3.8, 4) is 0 Å². The van der Waals surface area contributed by atoms with E-state index in [1.807, 2.05) is 17.0 Å². The van der Waals surface area contributed by atoms with Gasteiger partial charge in [0, 0.05) is 31.5 Å². The van der Waals surface area contributed by atoms with Gasteiger partial charge in [-0.15, -0.1) is 0 Å². The first-order valence-corrected chi connectivity index (χ1v) is 11.3. The number of hydrogen-bond acceptors (Lipinski definition) is 3. The molecule has 0 unspecified atom stereocenters. The van der Waals surface area contributed by atoms with Crippen LogP contribution in [-0.2, 0) is 17.6 Å². The Balaban J connectivity index is 1.28. The van der Waals surface area contributed by atoms with E-state index in [1.165, 1.54) is 22.3 Å². The molecular weight excluding hydrogens is 372 g/mol. The SMILES string of the molecule is Cc1cccc(C2CCN(C(=O)CCC(=O)c3ccc4c(c3)CCNCC4)CC2)c1. The highest BCUT2D eigenvalue weighted by Crippen LogP contribution is 2.29. The largest absolute Gasteiger partial charge is 0.343 e. The Hall–Kier alpha value is -2.46. The molecule has 0 aliphatic carbocycles. The van der Waals surface area contributed by atoms with E-state index in [-0.39, 0.29) is 11.7 Å². The number of hydrogen-bond donors (Lipinski definition) is 1. The molecule has 0 saturated carbocycles. The number of nitrogens with one attached hydrogen (secondary N) is 1. The van der Waals surface area contributed by atoms with Crippen molar-refractivity contribution in [1.82, 2.24) is 10.2 Å². The van der Waals surface area contributed by atoms with Gasteiger partial charge < -0.3 is 10.2 Å². The fraction of sp³-hybridized carbons (Fsp3) is 0.462. The predicted molar refractivity (Wildman–Crippen MR) is 120 cm³/mol. The van der Waals surface area contributed by atoms with Crippen molar-refractivity contribution in [2.45, 2.75) is 51.4 Å². The zero-order valence-electron chi connectivity index (χ0n) is 18.0. The standard InChI is InChI=1S/C26H32N2O2/c1-19-3-2-4-22(17-19)21-11-15-28(16-12-21)26(30)8-7-25(29)24-6-5-20-9-13-27-14-10-23(20)18-24/h2-6,17-18,21,27H,7-16H2,1H3. The molecule has 2 heterocycles. The quantitative estimate of drug-likeness (QED) is 0.765. The van der Waals surface area contributed by atoms with Gasteiger partial charge in [0.05, 0.1) is 0 Å². The van der Waals surface area contributed by atoms with Crippen LogP contribution in [0.2, 0.25) is 0 Å². The maximum atomic E-state index is 12.7. The van der Waals surface area contributed by atoms with E-state index in [4.69, 9.17) is 0 Å². The number of benzene rings is 2. The number of carbonyl (C=O) groups is 2. The summed E-state index contributed by atoms with van der Waals surface area (Å²) < 4.78 is 0. The van der Waals surface area contributed by atoms with Crippen molar-refractivity contribution < 1.29 is 9.59 Å². The summed E-state index contributed by atoms with van der Waals surface area (Å²) in [6.45, 7) is 5.66. The van der Waals surface area contributed by atoms with Crippen LogP contribution in [0.15, 0.2) is 42.5 Å². The zero-order chi connectivity index (χ0) is 20.9. The Labute approximate surface area is 179 Å². The van der Waals surface area contributed by atoms with Gasteiger partial charge in [0.25, 0.3) is 0 Å². The molecule has 2 aliphatic heterocycles. The maximum Gasteiger partial charge on any atom is 0.223 e. The molecule has 30 heavy (non-hydrogen) atoms. The first kappa shape index (κ1) is 20.8. The molecule has 2 aromatic carbocycles.